The Balaban J connectivity index is 1.77. The number of nitrogens with one attached hydrogen (secondary N) is 2. The number of fused-ring (bicyclic) bond motifs is 1. The first-order valence-corrected chi connectivity index (χ1v) is 6.71. The third-order valence-electron chi connectivity index (χ3n) is 3.82. The van der Waals surface area contributed by atoms with Crippen LogP contribution in [0.15, 0.2) is 30.5 Å². The van der Waals surface area contributed by atoms with Gasteiger partial charge in [0.05, 0.1) is 5.69 Å². The minimum Gasteiger partial charge on any atom is -0.359 e. The van der Waals surface area contributed by atoms with Crippen molar-refractivity contribution >= 4 is 22.5 Å². The highest BCUT2D eigenvalue weighted by Gasteiger charge is 2.21. The molecule has 0 spiro atoms. The Morgan fingerprint density at radius 2 is 1.94 bits per heavy atom. The molecule has 1 saturated carbocycles. The summed E-state index contributed by atoms with van der Waals surface area (Å²) in [7, 11) is 0. The maximum atomic E-state index is 12.2. The SMILES string of the molecule is O=C(Nc1c[nH]c2ccccc12)C1CCCCC1. The Kier molecular flexibility index (Phi) is 3.05. The number of rotatable bonds is 2. The molecular formula is C15H18N2O. The van der Waals surface area contributed by atoms with Crippen LogP contribution in [0, 0.1) is 5.92 Å². The van der Waals surface area contributed by atoms with Crippen LogP contribution in [-0.4, -0.2) is 10.9 Å². The summed E-state index contributed by atoms with van der Waals surface area (Å²) in [4.78, 5) is 15.4. The monoisotopic (exact) mass is 242 g/mol. The summed E-state index contributed by atoms with van der Waals surface area (Å²) >= 11 is 0. The highest BCUT2D eigenvalue weighted by molar-refractivity contribution is 6.02. The molecule has 1 aromatic carbocycles. The summed E-state index contributed by atoms with van der Waals surface area (Å²) in [6.45, 7) is 0. The van der Waals surface area contributed by atoms with E-state index in [0.29, 0.717) is 0 Å². The number of aromatic nitrogens is 1. The molecule has 1 aliphatic carbocycles. The Labute approximate surface area is 107 Å². The molecule has 3 nitrogen and oxygen atoms in total. The average Bonchev–Trinajstić information content (AvgIpc) is 2.83. The maximum absolute atomic E-state index is 12.2. The summed E-state index contributed by atoms with van der Waals surface area (Å²) in [6.07, 6.45) is 7.60. The van der Waals surface area contributed by atoms with Crippen LogP contribution in [0.1, 0.15) is 32.1 Å². The van der Waals surface area contributed by atoms with Crippen molar-refractivity contribution in [3.8, 4) is 0 Å². The molecule has 1 aromatic heterocycles. The van der Waals surface area contributed by atoms with Gasteiger partial charge in [0.25, 0.3) is 0 Å². The second-order valence-electron chi connectivity index (χ2n) is 5.07. The molecule has 0 bridgehead atoms. The van der Waals surface area contributed by atoms with Crippen molar-refractivity contribution in [3.63, 3.8) is 0 Å². The predicted octanol–water partition coefficient (Wildman–Crippen LogP) is 3.69. The summed E-state index contributed by atoms with van der Waals surface area (Å²) in [5.74, 6) is 0.381. The van der Waals surface area contributed by atoms with Crippen LogP contribution in [-0.2, 0) is 4.79 Å². The van der Waals surface area contributed by atoms with Gasteiger partial charge in [-0.2, -0.15) is 0 Å². The molecule has 2 N–H and O–H groups in total. The molecular weight excluding hydrogens is 224 g/mol. The quantitative estimate of drug-likeness (QED) is 0.828. The highest BCUT2D eigenvalue weighted by atomic mass is 16.1. The number of amides is 1. The molecule has 0 atom stereocenters. The molecule has 0 radical (unpaired) electrons. The van der Waals surface area contributed by atoms with Gasteiger partial charge in [-0.3, -0.25) is 4.79 Å². The number of anilines is 1. The molecule has 0 unspecified atom stereocenters. The van der Waals surface area contributed by atoms with E-state index in [1.807, 2.05) is 30.5 Å². The van der Waals surface area contributed by atoms with Gasteiger partial charge in [-0.1, -0.05) is 37.5 Å². The lowest BCUT2D eigenvalue weighted by atomic mass is 9.88. The largest absolute Gasteiger partial charge is 0.359 e. The number of H-pyrrole nitrogens is 1. The second-order valence-corrected chi connectivity index (χ2v) is 5.07. The molecule has 3 rings (SSSR count). The van der Waals surface area contributed by atoms with E-state index in [1.54, 1.807) is 0 Å². The van der Waals surface area contributed by atoms with Crippen molar-refractivity contribution < 1.29 is 4.79 Å². The van der Waals surface area contributed by atoms with Gasteiger partial charge in [-0.05, 0) is 18.9 Å². The topological polar surface area (TPSA) is 44.9 Å². The first-order chi connectivity index (χ1) is 8.84. The molecule has 1 fully saturated rings. The minimum atomic E-state index is 0.180. The fourth-order valence-electron chi connectivity index (χ4n) is 2.77. The number of hydrogen-bond donors (Lipinski definition) is 2. The van der Waals surface area contributed by atoms with Crippen LogP contribution >= 0.6 is 0 Å². The summed E-state index contributed by atoms with van der Waals surface area (Å²) in [5, 5.41) is 4.15. The molecule has 0 saturated heterocycles. The van der Waals surface area contributed by atoms with E-state index in [0.717, 1.165) is 29.4 Å². The summed E-state index contributed by atoms with van der Waals surface area (Å²) < 4.78 is 0. The Hall–Kier alpha value is -1.77. The zero-order chi connectivity index (χ0) is 12.4. The van der Waals surface area contributed by atoms with E-state index >= 15 is 0 Å². The minimum absolute atomic E-state index is 0.180. The molecule has 18 heavy (non-hydrogen) atoms. The third-order valence-corrected chi connectivity index (χ3v) is 3.82. The van der Waals surface area contributed by atoms with Crippen molar-refractivity contribution in [2.45, 2.75) is 32.1 Å². The molecule has 3 heteroatoms. The zero-order valence-electron chi connectivity index (χ0n) is 10.4. The van der Waals surface area contributed by atoms with Crippen molar-refractivity contribution in [2.24, 2.45) is 5.92 Å². The predicted molar refractivity (Wildman–Crippen MR) is 73.5 cm³/mol. The van der Waals surface area contributed by atoms with Gasteiger partial charge < -0.3 is 10.3 Å². The average molecular weight is 242 g/mol. The number of para-hydroxylation sites is 1. The number of hydrogen-bond acceptors (Lipinski definition) is 1. The molecule has 1 heterocycles. The van der Waals surface area contributed by atoms with Gasteiger partial charge in [-0.25, -0.2) is 0 Å². The van der Waals surface area contributed by atoms with E-state index < -0.39 is 0 Å². The van der Waals surface area contributed by atoms with E-state index in [4.69, 9.17) is 0 Å². The lowest BCUT2D eigenvalue weighted by molar-refractivity contribution is -0.120. The van der Waals surface area contributed by atoms with E-state index in [1.165, 1.54) is 19.3 Å². The second kappa shape index (κ2) is 4.84. The van der Waals surface area contributed by atoms with Crippen LogP contribution in [0.5, 0.6) is 0 Å². The highest BCUT2D eigenvalue weighted by Crippen LogP contribution is 2.27. The molecule has 2 aromatic rings. The lowest BCUT2D eigenvalue weighted by Gasteiger charge is -2.20. The third kappa shape index (κ3) is 2.13. The van der Waals surface area contributed by atoms with Crippen LogP contribution in [0.2, 0.25) is 0 Å². The lowest BCUT2D eigenvalue weighted by Crippen LogP contribution is -2.24. The van der Waals surface area contributed by atoms with Gasteiger partial charge in [0.15, 0.2) is 0 Å². The number of carbonyl (C=O) groups is 1. The number of aromatic amines is 1. The van der Waals surface area contributed by atoms with Gasteiger partial charge in [0, 0.05) is 23.0 Å². The normalized spacial score (nSPS) is 16.9. The van der Waals surface area contributed by atoms with E-state index in [-0.39, 0.29) is 11.8 Å². The van der Waals surface area contributed by atoms with Crippen molar-refractivity contribution in [1.82, 2.24) is 4.98 Å². The Morgan fingerprint density at radius 3 is 2.78 bits per heavy atom. The van der Waals surface area contributed by atoms with Crippen LogP contribution in [0.3, 0.4) is 0 Å². The molecule has 0 aliphatic heterocycles. The van der Waals surface area contributed by atoms with Gasteiger partial charge in [-0.15, -0.1) is 0 Å². The fraction of sp³-hybridized carbons (Fsp3) is 0.400. The van der Waals surface area contributed by atoms with Crippen LogP contribution in [0.4, 0.5) is 5.69 Å². The van der Waals surface area contributed by atoms with Crippen LogP contribution < -0.4 is 5.32 Å². The smallest absolute Gasteiger partial charge is 0.227 e. The standard InChI is InChI=1S/C15H18N2O/c18-15(11-6-2-1-3-7-11)17-14-10-16-13-9-5-4-8-12(13)14/h4-5,8-11,16H,1-3,6-7H2,(H,17,18). The van der Waals surface area contributed by atoms with Gasteiger partial charge in [0.2, 0.25) is 5.91 Å². The zero-order valence-corrected chi connectivity index (χ0v) is 10.4. The number of carbonyl (C=O) groups excluding carboxylic acids is 1. The number of benzene rings is 1. The maximum Gasteiger partial charge on any atom is 0.227 e. The summed E-state index contributed by atoms with van der Waals surface area (Å²) in [5.41, 5.74) is 1.97. The van der Waals surface area contributed by atoms with Crippen molar-refractivity contribution in [3.05, 3.63) is 30.5 Å². The Morgan fingerprint density at radius 1 is 1.17 bits per heavy atom. The Bertz CT molecular complexity index is 552. The first kappa shape index (κ1) is 11.3. The summed E-state index contributed by atoms with van der Waals surface area (Å²) in [6, 6.07) is 8.03. The molecule has 1 aliphatic rings. The van der Waals surface area contributed by atoms with Crippen molar-refractivity contribution in [2.75, 3.05) is 5.32 Å². The van der Waals surface area contributed by atoms with Crippen LogP contribution in [0.25, 0.3) is 10.9 Å². The van der Waals surface area contributed by atoms with Gasteiger partial charge in [0.1, 0.15) is 0 Å². The first-order valence-electron chi connectivity index (χ1n) is 6.71. The molecule has 1 amide bonds. The fourth-order valence-corrected chi connectivity index (χ4v) is 2.77. The van der Waals surface area contributed by atoms with E-state index in [9.17, 15) is 4.79 Å². The van der Waals surface area contributed by atoms with E-state index in [2.05, 4.69) is 10.3 Å². The van der Waals surface area contributed by atoms with Crippen molar-refractivity contribution in [1.29, 1.82) is 0 Å². The van der Waals surface area contributed by atoms with Gasteiger partial charge >= 0.3 is 0 Å². The molecule has 94 valence electrons.